The summed E-state index contributed by atoms with van der Waals surface area (Å²) in [6, 6.07) is 7.48. The molecule has 2 rings (SSSR count). The molecule has 88 valence electrons. The molecule has 2 aromatic rings. The lowest BCUT2D eigenvalue weighted by Gasteiger charge is -2.03. The monoisotopic (exact) mass is 291 g/mol. The number of aromatic amines is 1. The topological polar surface area (TPSA) is 32.9 Å². The maximum atomic E-state index is 12.4. The fourth-order valence-electron chi connectivity index (χ4n) is 1.85. The summed E-state index contributed by atoms with van der Waals surface area (Å²) in [5.74, 6) is 0.0335. The molecule has 0 amide bonds. The first-order valence-electron chi connectivity index (χ1n) is 5.47. The van der Waals surface area contributed by atoms with Crippen molar-refractivity contribution in [3.05, 3.63) is 56.8 Å². The number of aromatic nitrogens is 1. The molecular formula is C14H14BrNO. The van der Waals surface area contributed by atoms with Crippen molar-refractivity contribution >= 4 is 21.7 Å². The molecule has 0 unspecified atom stereocenters. The van der Waals surface area contributed by atoms with E-state index in [1.807, 2.05) is 45.0 Å². The van der Waals surface area contributed by atoms with Crippen LogP contribution in [0.1, 0.15) is 32.9 Å². The van der Waals surface area contributed by atoms with E-state index in [1.165, 1.54) is 0 Å². The van der Waals surface area contributed by atoms with Crippen molar-refractivity contribution in [2.75, 3.05) is 0 Å². The first kappa shape index (κ1) is 12.1. The molecule has 1 aromatic carbocycles. The number of aryl methyl sites for hydroxylation is 1. The van der Waals surface area contributed by atoms with Gasteiger partial charge in [0.15, 0.2) is 0 Å². The second kappa shape index (κ2) is 4.49. The Kier molecular flexibility index (Phi) is 3.20. The van der Waals surface area contributed by atoms with Crippen LogP contribution < -0.4 is 0 Å². The number of hydrogen-bond donors (Lipinski definition) is 1. The predicted molar refractivity (Wildman–Crippen MR) is 72.6 cm³/mol. The van der Waals surface area contributed by atoms with Crippen LogP contribution in [-0.4, -0.2) is 10.8 Å². The number of carbonyl (C=O) groups is 1. The van der Waals surface area contributed by atoms with Crippen LogP contribution in [0.5, 0.6) is 0 Å². The highest BCUT2D eigenvalue weighted by Gasteiger charge is 2.18. The fraction of sp³-hybridized carbons (Fsp3) is 0.214. The van der Waals surface area contributed by atoms with E-state index in [1.54, 1.807) is 0 Å². The van der Waals surface area contributed by atoms with Crippen LogP contribution in [-0.2, 0) is 0 Å². The normalized spacial score (nSPS) is 10.6. The van der Waals surface area contributed by atoms with Gasteiger partial charge in [-0.1, -0.05) is 28.1 Å². The highest BCUT2D eigenvalue weighted by molar-refractivity contribution is 9.10. The minimum Gasteiger partial charge on any atom is -0.356 e. The van der Waals surface area contributed by atoms with Gasteiger partial charge in [0.05, 0.1) is 5.69 Å². The zero-order chi connectivity index (χ0) is 12.6. The lowest BCUT2D eigenvalue weighted by atomic mass is 10.0. The summed E-state index contributed by atoms with van der Waals surface area (Å²) < 4.78 is 0.828. The van der Waals surface area contributed by atoms with E-state index in [0.717, 1.165) is 21.3 Å². The van der Waals surface area contributed by atoms with Crippen LogP contribution in [0.2, 0.25) is 0 Å². The molecule has 1 aromatic heterocycles. The third-order valence-electron chi connectivity index (χ3n) is 3.16. The SMILES string of the molecule is Cc1[nH]c(C(=O)c2ccccc2Br)c(C)c1C. The van der Waals surface area contributed by atoms with Crippen molar-refractivity contribution in [1.29, 1.82) is 0 Å². The number of ketones is 1. The van der Waals surface area contributed by atoms with Gasteiger partial charge in [0.25, 0.3) is 0 Å². The molecule has 2 nitrogen and oxygen atoms in total. The van der Waals surface area contributed by atoms with Crippen molar-refractivity contribution in [2.24, 2.45) is 0 Å². The first-order chi connectivity index (χ1) is 8.02. The van der Waals surface area contributed by atoms with E-state index in [9.17, 15) is 4.79 Å². The zero-order valence-electron chi connectivity index (χ0n) is 10.1. The van der Waals surface area contributed by atoms with Crippen molar-refractivity contribution in [1.82, 2.24) is 4.98 Å². The fourth-order valence-corrected chi connectivity index (χ4v) is 2.32. The summed E-state index contributed by atoms with van der Waals surface area (Å²) in [6.45, 7) is 5.99. The van der Waals surface area contributed by atoms with Gasteiger partial charge in [-0.05, 0) is 44.0 Å². The quantitative estimate of drug-likeness (QED) is 0.836. The Balaban J connectivity index is 2.52. The molecule has 0 bridgehead atoms. The van der Waals surface area contributed by atoms with Crippen molar-refractivity contribution < 1.29 is 4.79 Å². The van der Waals surface area contributed by atoms with E-state index in [0.29, 0.717) is 11.3 Å². The van der Waals surface area contributed by atoms with Crippen LogP contribution in [0.25, 0.3) is 0 Å². The Morgan fingerprint density at radius 1 is 1.12 bits per heavy atom. The van der Waals surface area contributed by atoms with Crippen LogP contribution in [0.3, 0.4) is 0 Å². The summed E-state index contributed by atoms with van der Waals surface area (Å²) in [5, 5.41) is 0. The van der Waals surface area contributed by atoms with Crippen LogP contribution >= 0.6 is 15.9 Å². The molecule has 0 spiro atoms. The summed E-state index contributed by atoms with van der Waals surface area (Å²) >= 11 is 3.41. The highest BCUT2D eigenvalue weighted by Crippen LogP contribution is 2.23. The highest BCUT2D eigenvalue weighted by atomic mass is 79.9. The molecule has 0 saturated carbocycles. The molecule has 0 aliphatic rings. The Labute approximate surface area is 109 Å². The van der Waals surface area contributed by atoms with E-state index < -0.39 is 0 Å². The number of nitrogens with one attached hydrogen (secondary N) is 1. The molecule has 0 fully saturated rings. The van der Waals surface area contributed by atoms with E-state index in [4.69, 9.17) is 0 Å². The minimum absolute atomic E-state index is 0.0335. The summed E-state index contributed by atoms with van der Waals surface area (Å²) in [7, 11) is 0. The van der Waals surface area contributed by atoms with Crippen LogP contribution in [0.15, 0.2) is 28.7 Å². The second-order valence-electron chi connectivity index (χ2n) is 4.18. The number of benzene rings is 1. The molecular weight excluding hydrogens is 278 g/mol. The average molecular weight is 292 g/mol. The van der Waals surface area contributed by atoms with Gasteiger partial charge in [-0.3, -0.25) is 4.79 Å². The maximum absolute atomic E-state index is 12.4. The van der Waals surface area contributed by atoms with Gasteiger partial charge in [0.1, 0.15) is 0 Å². The van der Waals surface area contributed by atoms with Crippen LogP contribution in [0.4, 0.5) is 0 Å². The Hall–Kier alpha value is -1.35. The van der Waals surface area contributed by atoms with Gasteiger partial charge in [0, 0.05) is 15.7 Å². The third-order valence-corrected chi connectivity index (χ3v) is 3.85. The molecule has 1 N–H and O–H groups in total. The molecule has 17 heavy (non-hydrogen) atoms. The van der Waals surface area contributed by atoms with Crippen LogP contribution in [0, 0.1) is 20.8 Å². The lowest BCUT2D eigenvalue weighted by Crippen LogP contribution is -2.04. The van der Waals surface area contributed by atoms with E-state index in [2.05, 4.69) is 20.9 Å². The Morgan fingerprint density at radius 3 is 2.29 bits per heavy atom. The summed E-state index contributed by atoms with van der Waals surface area (Å²) in [6.07, 6.45) is 0. The lowest BCUT2D eigenvalue weighted by molar-refractivity contribution is 0.103. The second-order valence-corrected chi connectivity index (χ2v) is 5.04. The number of hydrogen-bond acceptors (Lipinski definition) is 1. The molecule has 0 saturated heterocycles. The predicted octanol–water partition coefficient (Wildman–Crippen LogP) is 3.93. The molecule has 0 aliphatic carbocycles. The first-order valence-corrected chi connectivity index (χ1v) is 6.26. The standard InChI is InChI=1S/C14H14BrNO/c1-8-9(2)13(16-10(8)3)14(17)11-6-4-5-7-12(11)15/h4-7,16H,1-3H3. The van der Waals surface area contributed by atoms with Crippen molar-refractivity contribution in [3.8, 4) is 0 Å². The molecule has 0 aliphatic heterocycles. The smallest absolute Gasteiger partial charge is 0.210 e. The average Bonchev–Trinajstić information content (AvgIpc) is 2.57. The number of H-pyrrole nitrogens is 1. The minimum atomic E-state index is 0.0335. The zero-order valence-corrected chi connectivity index (χ0v) is 11.7. The van der Waals surface area contributed by atoms with Crippen molar-refractivity contribution in [3.63, 3.8) is 0 Å². The van der Waals surface area contributed by atoms with Gasteiger partial charge in [-0.2, -0.15) is 0 Å². The van der Waals surface area contributed by atoms with Crippen molar-refractivity contribution in [2.45, 2.75) is 20.8 Å². The van der Waals surface area contributed by atoms with Gasteiger partial charge in [0.2, 0.25) is 5.78 Å². The van der Waals surface area contributed by atoms with Gasteiger partial charge in [-0.15, -0.1) is 0 Å². The largest absolute Gasteiger partial charge is 0.356 e. The van der Waals surface area contributed by atoms with Gasteiger partial charge < -0.3 is 4.98 Å². The maximum Gasteiger partial charge on any atom is 0.210 e. The Bertz CT molecular complexity index is 584. The number of carbonyl (C=O) groups excluding carboxylic acids is 1. The van der Waals surface area contributed by atoms with Gasteiger partial charge in [-0.25, -0.2) is 0 Å². The molecule has 1 heterocycles. The van der Waals surface area contributed by atoms with E-state index in [-0.39, 0.29) is 5.78 Å². The molecule has 0 atom stereocenters. The van der Waals surface area contributed by atoms with Gasteiger partial charge >= 0.3 is 0 Å². The number of halogens is 1. The number of rotatable bonds is 2. The Morgan fingerprint density at radius 2 is 1.76 bits per heavy atom. The van der Waals surface area contributed by atoms with E-state index >= 15 is 0 Å². The summed E-state index contributed by atoms with van der Waals surface area (Å²) in [4.78, 5) is 15.6. The summed E-state index contributed by atoms with van der Waals surface area (Å²) in [5.41, 5.74) is 4.62. The molecule has 0 radical (unpaired) electrons. The third kappa shape index (κ3) is 2.07. The molecule has 3 heteroatoms.